The molecule has 0 atom stereocenters. The van der Waals surface area contributed by atoms with Crippen LogP contribution in [0.5, 0.6) is 0 Å². The van der Waals surface area contributed by atoms with Crippen LogP contribution >= 0.6 is 22.9 Å². The van der Waals surface area contributed by atoms with Crippen molar-refractivity contribution in [3.8, 4) is 0 Å². The molecular weight excluding hydrogens is 308 g/mol. The summed E-state index contributed by atoms with van der Waals surface area (Å²) >= 11 is 7.05. The van der Waals surface area contributed by atoms with E-state index in [1.807, 2.05) is 0 Å². The lowest BCUT2D eigenvalue weighted by Gasteiger charge is -2.09. The molecule has 102 valence electrons. The summed E-state index contributed by atoms with van der Waals surface area (Å²) in [6, 6.07) is 4.86. The molecule has 2 aromatic rings. The SMILES string of the molecule is CNCc1ccc(Cl)c(S(=O)(=O)Nc2nncs2)c1. The maximum Gasteiger partial charge on any atom is 0.265 e. The number of sulfonamides is 1. The number of hydrogen-bond donors (Lipinski definition) is 2. The molecule has 6 nitrogen and oxygen atoms in total. The van der Waals surface area contributed by atoms with Crippen molar-refractivity contribution in [2.75, 3.05) is 11.8 Å². The summed E-state index contributed by atoms with van der Waals surface area (Å²) in [6.45, 7) is 0.554. The van der Waals surface area contributed by atoms with Gasteiger partial charge in [-0.1, -0.05) is 29.0 Å². The first-order valence-corrected chi connectivity index (χ1v) is 7.99. The molecular formula is C10H11ClN4O2S2. The van der Waals surface area contributed by atoms with E-state index in [1.165, 1.54) is 11.6 Å². The Morgan fingerprint density at radius 2 is 2.21 bits per heavy atom. The predicted octanol–water partition coefficient (Wildman–Crippen LogP) is 1.71. The minimum absolute atomic E-state index is 0.0251. The Morgan fingerprint density at radius 1 is 1.42 bits per heavy atom. The van der Waals surface area contributed by atoms with Gasteiger partial charge in [-0.3, -0.25) is 4.72 Å². The molecule has 0 fully saturated rings. The number of hydrogen-bond acceptors (Lipinski definition) is 6. The Labute approximate surface area is 119 Å². The van der Waals surface area contributed by atoms with Gasteiger partial charge in [-0.2, -0.15) is 0 Å². The van der Waals surface area contributed by atoms with E-state index in [2.05, 4.69) is 20.2 Å². The molecule has 19 heavy (non-hydrogen) atoms. The Hall–Kier alpha value is -1.22. The molecule has 2 rings (SSSR count). The summed E-state index contributed by atoms with van der Waals surface area (Å²) in [4.78, 5) is 0.0251. The second-order valence-electron chi connectivity index (χ2n) is 3.64. The quantitative estimate of drug-likeness (QED) is 0.877. The van der Waals surface area contributed by atoms with Crippen molar-refractivity contribution in [3.63, 3.8) is 0 Å². The predicted molar refractivity (Wildman–Crippen MR) is 74.9 cm³/mol. The van der Waals surface area contributed by atoms with Crippen molar-refractivity contribution in [1.82, 2.24) is 15.5 Å². The lowest BCUT2D eigenvalue weighted by molar-refractivity contribution is 0.601. The molecule has 0 aliphatic heterocycles. The first-order valence-electron chi connectivity index (χ1n) is 5.25. The van der Waals surface area contributed by atoms with E-state index in [4.69, 9.17) is 11.6 Å². The summed E-state index contributed by atoms with van der Waals surface area (Å²) < 4.78 is 26.7. The fourth-order valence-electron chi connectivity index (χ4n) is 1.46. The molecule has 0 radical (unpaired) electrons. The van der Waals surface area contributed by atoms with E-state index in [0.717, 1.165) is 16.9 Å². The van der Waals surface area contributed by atoms with Gasteiger partial charge in [0, 0.05) is 6.54 Å². The van der Waals surface area contributed by atoms with E-state index in [9.17, 15) is 8.42 Å². The van der Waals surface area contributed by atoms with Gasteiger partial charge in [0.1, 0.15) is 10.4 Å². The molecule has 0 aliphatic rings. The molecule has 0 bridgehead atoms. The van der Waals surface area contributed by atoms with E-state index >= 15 is 0 Å². The molecule has 2 N–H and O–H groups in total. The second kappa shape index (κ2) is 5.83. The fraction of sp³-hybridized carbons (Fsp3) is 0.200. The smallest absolute Gasteiger partial charge is 0.265 e. The summed E-state index contributed by atoms with van der Waals surface area (Å²) in [7, 11) is -1.98. The molecule has 9 heteroatoms. The highest BCUT2D eigenvalue weighted by atomic mass is 35.5. The van der Waals surface area contributed by atoms with Crippen LogP contribution < -0.4 is 10.0 Å². The fourth-order valence-corrected chi connectivity index (χ4v) is 3.70. The van der Waals surface area contributed by atoms with E-state index in [-0.39, 0.29) is 15.0 Å². The summed E-state index contributed by atoms with van der Waals surface area (Å²) in [5, 5.41) is 10.5. The molecule has 0 spiro atoms. The Morgan fingerprint density at radius 3 is 2.84 bits per heavy atom. The zero-order valence-electron chi connectivity index (χ0n) is 9.92. The molecule has 1 aromatic heterocycles. The monoisotopic (exact) mass is 318 g/mol. The van der Waals surface area contributed by atoms with Crippen LogP contribution in [0.2, 0.25) is 5.02 Å². The Balaban J connectivity index is 2.36. The lowest BCUT2D eigenvalue weighted by Crippen LogP contribution is -2.14. The van der Waals surface area contributed by atoms with Gasteiger partial charge in [-0.05, 0) is 24.7 Å². The number of anilines is 1. The highest BCUT2D eigenvalue weighted by Gasteiger charge is 2.19. The third kappa shape index (κ3) is 3.41. The molecule has 1 heterocycles. The average molecular weight is 319 g/mol. The maximum absolute atomic E-state index is 12.2. The molecule has 0 aliphatic carbocycles. The highest BCUT2D eigenvalue weighted by Crippen LogP contribution is 2.25. The van der Waals surface area contributed by atoms with Crippen LogP contribution in [0, 0.1) is 0 Å². The third-order valence-corrected chi connectivity index (χ3v) is 4.80. The van der Waals surface area contributed by atoms with Crippen LogP contribution in [0.1, 0.15) is 5.56 Å². The van der Waals surface area contributed by atoms with Gasteiger partial charge in [0.15, 0.2) is 0 Å². The number of nitrogens with zero attached hydrogens (tertiary/aromatic N) is 2. The van der Waals surface area contributed by atoms with Crippen LogP contribution in [-0.4, -0.2) is 25.7 Å². The minimum Gasteiger partial charge on any atom is -0.316 e. The number of aromatic nitrogens is 2. The highest BCUT2D eigenvalue weighted by molar-refractivity contribution is 7.93. The van der Waals surface area contributed by atoms with Crippen LogP contribution in [0.25, 0.3) is 0 Å². The Kier molecular flexibility index (Phi) is 4.35. The Bertz CT molecular complexity index is 658. The van der Waals surface area contributed by atoms with Crippen molar-refractivity contribution < 1.29 is 8.42 Å². The zero-order chi connectivity index (χ0) is 13.9. The van der Waals surface area contributed by atoms with Gasteiger partial charge < -0.3 is 5.32 Å². The molecule has 1 aromatic carbocycles. The number of rotatable bonds is 5. The van der Waals surface area contributed by atoms with Crippen LogP contribution in [0.3, 0.4) is 0 Å². The van der Waals surface area contributed by atoms with Crippen LogP contribution in [-0.2, 0) is 16.6 Å². The molecule has 0 saturated heterocycles. The topological polar surface area (TPSA) is 84.0 Å². The molecule has 0 amide bonds. The third-order valence-electron chi connectivity index (χ3n) is 2.25. The van der Waals surface area contributed by atoms with Crippen molar-refractivity contribution in [2.24, 2.45) is 0 Å². The van der Waals surface area contributed by atoms with E-state index in [0.29, 0.717) is 6.54 Å². The largest absolute Gasteiger partial charge is 0.316 e. The summed E-state index contributed by atoms with van der Waals surface area (Å²) in [5.74, 6) is 0. The van der Waals surface area contributed by atoms with E-state index in [1.54, 1.807) is 19.2 Å². The van der Waals surface area contributed by atoms with Gasteiger partial charge in [0.2, 0.25) is 5.13 Å². The van der Waals surface area contributed by atoms with Gasteiger partial charge in [0.25, 0.3) is 10.0 Å². The molecule has 0 unspecified atom stereocenters. The second-order valence-corrected chi connectivity index (χ2v) is 6.54. The van der Waals surface area contributed by atoms with Gasteiger partial charge in [-0.25, -0.2) is 8.42 Å². The zero-order valence-corrected chi connectivity index (χ0v) is 12.3. The number of benzene rings is 1. The number of nitrogens with one attached hydrogen (secondary N) is 2. The average Bonchev–Trinajstić information content (AvgIpc) is 2.84. The van der Waals surface area contributed by atoms with Gasteiger partial charge >= 0.3 is 0 Å². The standard InChI is InChI=1S/C10H11ClN4O2S2/c1-12-5-7-2-3-8(11)9(4-7)19(16,17)15-10-14-13-6-18-10/h2-4,6,12H,5H2,1H3,(H,14,15). The lowest BCUT2D eigenvalue weighted by atomic mass is 10.2. The van der Waals surface area contributed by atoms with Gasteiger partial charge in [0.05, 0.1) is 5.02 Å². The van der Waals surface area contributed by atoms with Crippen molar-refractivity contribution in [3.05, 3.63) is 34.3 Å². The summed E-state index contributed by atoms with van der Waals surface area (Å²) in [6.07, 6.45) is 0. The van der Waals surface area contributed by atoms with Crippen LogP contribution in [0.15, 0.2) is 28.6 Å². The number of halogens is 1. The van der Waals surface area contributed by atoms with Crippen molar-refractivity contribution in [1.29, 1.82) is 0 Å². The first kappa shape index (κ1) is 14.2. The van der Waals surface area contributed by atoms with Gasteiger partial charge in [-0.15, -0.1) is 10.2 Å². The van der Waals surface area contributed by atoms with Crippen molar-refractivity contribution in [2.45, 2.75) is 11.4 Å². The van der Waals surface area contributed by atoms with Crippen LogP contribution in [0.4, 0.5) is 5.13 Å². The maximum atomic E-state index is 12.2. The molecule has 0 saturated carbocycles. The minimum atomic E-state index is -3.76. The van der Waals surface area contributed by atoms with Crippen molar-refractivity contribution >= 4 is 38.1 Å². The first-order chi connectivity index (χ1) is 9.03. The van der Waals surface area contributed by atoms with E-state index < -0.39 is 10.0 Å². The normalized spacial score (nSPS) is 11.5. The summed E-state index contributed by atoms with van der Waals surface area (Å²) in [5.41, 5.74) is 2.27.